The Kier molecular flexibility index (Phi) is 3.93. The summed E-state index contributed by atoms with van der Waals surface area (Å²) < 4.78 is 38.0. The minimum atomic E-state index is -4.45. The maximum atomic E-state index is 12.7. The number of hydrogen-bond acceptors (Lipinski definition) is 3. The molecule has 0 atom stereocenters. The van der Waals surface area contributed by atoms with E-state index in [0.717, 1.165) is 18.3 Å². The highest BCUT2D eigenvalue weighted by atomic mass is 19.4. The Morgan fingerprint density at radius 3 is 2.62 bits per heavy atom. The molecule has 21 heavy (non-hydrogen) atoms. The van der Waals surface area contributed by atoms with Crippen molar-refractivity contribution in [3.63, 3.8) is 0 Å². The SMILES string of the molecule is CCc1nc(-c2cccc(C(F)(F)F)c2)ncc1C(=O)O. The Morgan fingerprint density at radius 2 is 2.05 bits per heavy atom. The van der Waals surface area contributed by atoms with E-state index in [4.69, 9.17) is 5.11 Å². The van der Waals surface area contributed by atoms with Crippen LogP contribution in [0.3, 0.4) is 0 Å². The molecule has 0 radical (unpaired) electrons. The van der Waals surface area contributed by atoms with Crippen LogP contribution in [0.15, 0.2) is 30.5 Å². The lowest BCUT2D eigenvalue weighted by molar-refractivity contribution is -0.137. The van der Waals surface area contributed by atoms with Gasteiger partial charge in [-0.15, -0.1) is 0 Å². The number of nitrogens with zero attached hydrogens (tertiary/aromatic N) is 2. The molecule has 110 valence electrons. The van der Waals surface area contributed by atoms with Gasteiger partial charge >= 0.3 is 12.1 Å². The lowest BCUT2D eigenvalue weighted by atomic mass is 10.1. The zero-order chi connectivity index (χ0) is 15.6. The third-order valence-corrected chi connectivity index (χ3v) is 2.88. The number of rotatable bonds is 3. The van der Waals surface area contributed by atoms with Crippen LogP contribution in [0, 0.1) is 0 Å². The fourth-order valence-corrected chi connectivity index (χ4v) is 1.84. The highest BCUT2D eigenvalue weighted by Gasteiger charge is 2.30. The Bertz CT molecular complexity index is 684. The van der Waals surface area contributed by atoms with Gasteiger partial charge in [0.15, 0.2) is 5.82 Å². The summed E-state index contributed by atoms with van der Waals surface area (Å²) in [6.45, 7) is 1.71. The predicted octanol–water partition coefficient (Wildman–Crippen LogP) is 3.42. The first-order valence-corrected chi connectivity index (χ1v) is 6.09. The van der Waals surface area contributed by atoms with Crippen LogP contribution >= 0.6 is 0 Å². The van der Waals surface area contributed by atoms with Crippen molar-refractivity contribution in [2.75, 3.05) is 0 Å². The Hall–Kier alpha value is -2.44. The molecular weight excluding hydrogens is 285 g/mol. The van der Waals surface area contributed by atoms with Gasteiger partial charge in [-0.2, -0.15) is 13.2 Å². The van der Waals surface area contributed by atoms with Gasteiger partial charge in [-0.1, -0.05) is 19.1 Å². The second kappa shape index (κ2) is 5.51. The lowest BCUT2D eigenvalue weighted by Gasteiger charge is -2.09. The summed E-state index contributed by atoms with van der Waals surface area (Å²) in [4.78, 5) is 18.9. The van der Waals surface area contributed by atoms with Crippen LogP contribution < -0.4 is 0 Å². The predicted molar refractivity (Wildman–Crippen MR) is 68.8 cm³/mol. The van der Waals surface area contributed by atoms with Crippen molar-refractivity contribution in [2.24, 2.45) is 0 Å². The normalized spacial score (nSPS) is 11.4. The Labute approximate surface area is 118 Å². The Morgan fingerprint density at radius 1 is 1.33 bits per heavy atom. The minimum Gasteiger partial charge on any atom is -0.478 e. The van der Waals surface area contributed by atoms with Crippen molar-refractivity contribution in [3.05, 3.63) is 47.3 Å². The molecule has 0 saturated carbocycles. The minimum absolute atomic E-state index is 0.0479. The smallest absolute Gasteiger partial charge is 0.416 e. The van der Waals surface area contributed by atoms with Crippen LogP contribution in [0.1, 0.15) is 28.5 Å². The van der Waals surface area contributed by atoms with Gasteiger partial charge in [0, 0.05) is 11.8 Å². The second-order valence-electron chi connectivity index (χ2n) is 4.29. The fraction of sp³-hybridized carbons (Fsp3) is 0.214. The molecule has 4 nitrogen and oxygen atoms in total. The molecule has 7 heteroatoms. The number of hydrogen-bond donors (Lipinski definition) is 1. The molecule has 0 fully saturated rings. The van der Waals surface area contributed by atoms with Crippen LogP contribution in [0.4, 0.5) is 13.2 Å². The molecule has 1 heterocycles. The molecule has 0 saturated heterocycles. The van der Waals surface area contributed by atoms with Gasteiger partial charge in [-0.25, -0.2) is 14.8 Å². The van der Waals surface area contributed by atoms with E-state index in [1.807, 2.05) is 0 Å². The Balaban J connectivity index is 2.50. The summed E-state index contributed by atoms with van der Waals surface area (Å²) >= 11 is 0. The highest BCUT2D eigenvalue weighted by Crippen LogP contribution is 2.31. The number of aromatic carboxylic acids is 1. The summed E-state index contributed by atoms with van der Waals surface area (Å²) in [6.07, 6.45) is -3.00. The van der Waals surface area contributed by atoms with Crippen molar-refractivity contribution < 1.29 is 23.1 Å². The number of carboxylic acid groups (broad SMARTS) is 1. The molecular formula is C14H11F3N2O2. The van der Waals surface area contributed by atoms with E-state index < -0.39 is 17.7 Å². The monoisotopic (exact) mass is 296 g/mol. The van der Waals surface area contributed by atoms with E-state index in [1.165, 1.54) is 12.1 Å². The van der Waals surface area contributed by atoms with Crippen LogP contribution in [-0.4, -0.2) is 21.0 Å². The van der Waals surface area contributed by atoms with E-state index >= 15 is 0 Å². The van der Waals surface area contributed by atoms with E-state index in [0.29, 0.717) is 6.42 Å². The molecule has 0 spiro atoms. The quantitative estimate of drug-likeness (QED) is 0.942. The highest BCUT2D eigenvalue weighted by molar-refractivity contribution is 5.88. The van der Waals surface area contributed by atoms with E-state index in [-0.39, 0.29) is 22.6 Å². The van der Waals surface area contributed by atoms with Crippen molar-refractivity contribution in [1.82, 2.24) is 9.97 Å². The van der Waals surface area contributed by atoms with Gasteiger partial charge in [-0.05, 0) is 18.6 Å². The standard InChI is InChI=1S/C14H11F3N2O2/c1-2-11-10(13(20)21)7-18-12(19-11)8-4-3-5-9(6-8)14(15,16)17/h3-7H,2H2,1H3,(H,20,21). The summed E-state index contributed by atoms with van der Waals surface area (Å²) in [7, 11) is 0. The van der Waals surface area contributed by atoms with Gasteiger partial charge in [0.2, 0.25) is 0 Å². The zero-order valence-electron chi connectivity index (χ0n) is 11.0. The molecule has 0 aliphatic rings. The molecule has 0 aliphatic heterocycles. The lowest BCUT2D eigenvalue weighted by Crippen LogP contribution is -2.08. The van der Waals surface area contributed by atoms with Gasteiger partial charge in [-0.3, -0.25) is 0 Å². The fourth-order valence-electron chi connectivity index (χ4n) is 1.84. The number of aromatic nitrogens is 2. The van der Waals surface area contributed by atoms with Crippen molar-refractivity contribution >= 4 is 5.97 Å². The van der Waals surface area contributed by atoms with Crippen molar-refractivity contribution in [3.8, 4) is 11.4 Å². The van der Waals surface area contributed by atoms with E-state index in [9.17, 15) is 18.0 Å². The molecule has 1 aromatic carbocycles. The molecule has 0 amide bonds. The maximum absolute atomic E-state index is 12.7. The third kappa shape index (κ3) is 3.18. The van der Waals surface area contributed by atoms with Crippen LogP contribution in [0.2, 0.25) is 0 Å². The third-order valence-electron chi connectivity index (χ3n) is 2.88. The zero-order valence-corrected chi connectivity index (χ0v) is 11.0. The molecule has 0 bridgehead atoms. The number of carbonyl (C=O) groups is 1. The van der Waals surface area contributed by atoms with Crippen molar-refractivity contribution in [1.29, 1.82) is 0 Å². The summed E-state index contributed by atoms with van der Waals surface area (Å²) in [6, 6.07) is 4.60. The first kappa shape index (κ1) is 15.0. The summed E-state index contributed by atoms with van der Waals surface area (Å²) in [5.41, 5.74) is -0.376. The van der Waals surface area contributed by atoms with Crippen LogP contribution in [0.25, 0.3) is 11.4 Å². The average molecular weight is 296 g/mol. The molecule has 1 aromatic heterocycles. The maximum Gasteiger partial charge on any atom is 0.416 e. The number of aryl methyl sites for hydroxylation is 1. The molecule has 0 unspecified atom stereocenters. The van der Waals surface area contributed by atoms with E-state index in [2.05, 4.69) is 9.97 Å². The number of benzene rings is 1. The first-order chi connectivity index (χ1) is 9.82. The van der Waals surface area contributed by atoms with Gasteiger partial charge < -0.3 is 5.11 Å². The topological polar surface area (TPSA) is 63.1 Å². The molecule has 2 rings (SSSR count). The summed E-state index contributed by atoms with van der Waals surface area (Å²) in [5.74, 6) is -1.09. The van der Waals surface area contributed by atoms with Gasteiger partial charge in [0.1, 0.15) is 0 Å². The average Bonchev–Trinajstić information content (AvgIpc) is 2.45. The number of carboxylic acids is 1. The van der Waals surface area contributed by atoms with Crippen LogP contribution in [-0.2, 0) is 12.6 Å². The first-order valence-electron chi connectivity index (χ1n) is 6.09. The van der Waals surface area contributed by atoms with E-state index in [1.54, 1.807) is 6.92 Å². The number of alkyl halides is 3. The summed E-state index contributed by atoms with van der Waals surface area (Å²) in [5, 5.41) is 8.98. The number of halogens is 3. The van der Waals surface area contributed by atoms with Gasteiger partial charge in [0.05, 0.1) is 16.8 Å². The van der Waals surface area contributed by atoms with Crippen molar-refractivity contribution in [2.45, 2.75) is 19.5 Å². The molecule has 1 N–H and O–H groups in total. The van der Waals surface area contributed by atoms with Crippen LogP contribution in [0.5, 0.6) is 0 Å². The second-order valence-corrected chi connectivity index (χ2v) is 4.29. The molecule has 2 aromatic rings. The molecule has 0 aliphatic carbocycles. The largest absolute Gasteiger partial charge is 0.478 e. The van der Waals surface area contributed by atoms with Gasteiger partial charge in [0.25, 0.3) is 0 Å².